The third-order valence-corrected chi connectivity index (χ3v) is 6.90. The van der Waals surface area contributed by atoms with Gasteiger partial charge in [-0.05, 0) is 68.1 Å². The Hall–Kier alpha value is -2.80. The molecule has 31 heavy (non-hydrogen) atoms. The molecule has 1 aromatic heterocycles. The van der Waals surface area contributed by atoms with Crippen molar-refractivity contribution < 1.29 is 14.4 Å². The predicted octanol–water partition coefficient (Wildman–Crippen LogP) is 4.01. The molecule has 7 heteroatoms. The molecular weight excluding hydrogens is 410 g/mol. The third kappa shape index (κ3) is 4.61. The van der Waals surface area contributed by atoms with Crippen molar-refractivity contribution in [2.24, 2.45) is 0 Å². The average molecular weight is 438 g/mol. The molecule has 3 heterocycles. The Morgan fingerprint density at radius 2 is 1.81 bits per heavy atom. The van der Waals surface area contributed by atoms with E-state index in [0.717, 1.165) is 59.4 Å². The zero-order valence-electron chi connectivity index (χ0n) is 18.0. The van der Waals surface area contributed by atoms with Crippen molar-refractivity contribution in [2.45, 2.75) is 39.7 Å². The monoisotopic (exact) mass is 437 g/mol. The second-order valence-corrected chi connectivity index (χ2v) is 9.06. The lowest BCUT2D eigenvalue weighted by atomic mass is 10.1. The lowest BCUT2D eigenvalue weighted by molar-refractivity contribution is -0.135. The molecule has 1 aromatic carbocycles. The molecule has 0 spiro atoms. The van der Waals surface area contributed by atoms with E-state index >= 15 is 0 Å². The first-order chi connectivity index (χ1) is 14.9. The van der Waals surface area contributed by atoms with E-state index in [4.69, 9.17) is 0 Å². The number of aryl methyl sites for hydroxylation is 2. The Morgan fingerprint density at radius 3 is 2.52 bits per heavy atom. The Bertz CT molecular complexity index is 1040. The second-order valence-electron chi connectivity index (χ2n) is 8.07. The molecular formula is C24H27N3O3S. The highest BCUT2D eigenvalue weighted by Gasteiger charge is 2.37. The normalized spacial score (nSPS) is 17.9. The van der Waals surface area contributed by atoms with Gasteiger partial charge in [0.1, 0.15) is 6.54 Å². The molecule has 0 aliphatic carbocycles. The van der Waals surface area contributed by atoms with Crippen LogP contribution in [0.3, 0.4) is 0 Å². The van der Waals surface area contributed by atoms with Crippen LogP contribution in [0, 0.1) is 13.8 Å². The van der Waals surface area contributed by atoms with Crippen LogP contribution in [0.4, 0.5) is 4.79 Å². The lowest BCUT2D eigenvalue weighted by Crippen LogP contribution is -2.40. The number of hydrogen-bond donors (Lipinski definition) is 0. The number of carbonyl (C=O) groups excluding carboxylic acids is 3. The fourth-order valence-corrected chi connectivity index (χ4v) is 5.01. The van der Waals surface area contributed by atoms with Gasteiger partial charge >= 0.3 is 0 Å². The van der Waals surface area contributed by atoms with Crippen molar-refractivity contribution in [1.29, 1.82) is 0 Å². The van der Waals surface area contributed by atoms with Crippen molar-refractivity contribution in [1.82, 2.24) is 14.4 Å². The summed E-state index contributed by atoms with van der Waals surface area (Å²) in [6, 6.07) is 12.4. The van der Waals surface area contributed by atoms with Crippen LogP contribution in [0.2, 0.25) is 0 Å². The zero-order valence-corrected chi connectivity index (χ0v) is 18.8. The molecule has 0 bridgehead atoms. The quantitative estimate of drug-likeness (QED) is 0.641. The van der Waals surface area contributed by atoms with Gasteiger partial charge in [0.25, 0.3) is 11.1 Å². The highest BCUT2D eigenvalue weighted by atomic mass is 32.2. The van der Waals surface area contributed by atoms with E-state index in [-0.39, 0.29) is 23.6 Å². The maximum atomic E-state index is 12.8. The van der Waals surface area contributed by atoms with E-state index in [9.17, 15) is 14.4 Å². The minimum atomic E-state index is -0.378. The molecule has 6 nitrogen and oxygen atoms in total. The van der Waals surface area contributed by atoms with Gasteiger partial charge in [-0.2, -0.15) is 0 Å². The third-order valence-electron chi connectivity index (χ3n) is 5.99. The first-order valence-electron chi connectivity index (χ1n) is 10.7. The number of aromatic nitrogens is 1. The van der Waals surface area contributed by atoms with E-state index in [1.165, 1.54) is 5.56 Å². The molecule has 2 aliphatic heterocycles. The highest BCUT2D eigenvalue weighted by Crippen LogP contribution is 2.33. The predicted molar refractivity (Wildman–Crippen MR) is 123 cm³/mol. The van der Waals surface area contributed by atoms with Crippen LogP contribution in [0.5, 0.6) is 0 Å². The van der Waals surface area contributed by atoms with Crippen LogP contribution in [0.25, 0.3) is 6.08 Å². The van der Waals surface area contributed by atoms with Crippen molar-refractivity contribution in [3.63, 3.8) is 0 Å². The summed E-state index contributed by atoms with van der Waals surface area (Å²) >= 11 is 0.914. The molecule has 2 saturated heterocycles. The first-order valence-corrected chi connectivity index (χ1v) is 11.5. The van der Waals surface area contributed by atoms with Gasteiger partial charge in [-0.3, -0.25) is 19.3 Å². The van der Waals surface area contributed by atoms with Crippen molar-refractivity contribution in [3.05, 3.63) is 63.8 Å². The first kappa shape index (κ1) is 21.4. The minimum Gasteiger partial charge on any atom is -0.348 e. The molecule has 3 amide bonds. The summed E-state index contributed by atoms with van der Waals surface area (Å²) < 4.78 is 2.24. The topological polar surface area (TPSA) is 62.6 Å². The van der Waals surface area contributed by atoms with Gasteiger partial charge in [-0.1, -0.05) is 30.3 Å². The zero-order chi connectivity index (χ0) is 22.0. The van der Waals surface area contributed by atoms with Crippen molar-refractivity contribution >= 4 is 34.9 Å². The minimum absolute atomic E-state index is 0.153. The van der Waals surface area contributed by atoms with Gasteiger partial charge in [0.2, 0.25) is 5.91 Å². The van der Waals surface area contributed by atoms with Crippen LogP contribution in [0.15, 0.2) is 41.3 Å². The second kappa shape index (κ2) is 9.14. The van der Waals surface area contributed by atoms with Crippen LogP contribution in [-0.4, -0.2) is 51.1 Å². The number of thioether (sulfide) groups is 1. The molecule has 162 valence electrons. The fraction of sp³-hybridized carbons (Fsp3) is 0.375. The summed E-state index contributed by atoms with van der Waals surface area (Å²) in [4.78, 5) is 40.8. The standard InChI is InChI=1S/C24H27N3O3S/c1-17-14-20(18(2)26(17)13-10-19-8-4-3-5-9-19)15-21-23(29)27(24(30)31-21)16-22(28)25-11-6-7-12-25/h3-5,8-9,14-15H,6-7,10-13,16H2,1-2H3/b21-15-. The SMILES string of the molecule is Cc1cc(/C=C2\SC(=O)N(CC(=O)N3CCCC3)C2=O)c(C)n1CCc1ccccc1. The van der Waals surface area contributed by atoms with Gasteiger partial charge in [-0.15, -0.1) is 0 Å². The average Bonchev–Trinajstić information content (AvgIpc) is 3.45. The van der Waals surface area contributed by atoms with Gasteiger partial charge in [0, 0.05) is 31.0 Å². The molecule has 2 aliphatic rings. The molecule has 0 atom stereocenters. The van der Waals surface area contributed by atoms with E-state index in [0.29, 0.717) is 18.0 Å². The summed E-state index contributed by atoms with van der Waals surface area (Å²) in [5.41, 5.74) is 4.39. The Morgan fingerprint density at radius 1 is 1.10 bits per heavy atom. The lowest BCUT2D eigenvalue weighted by Gasteiger charge is -2.18. The molecule has 4 rings (SSSR count). The van der Waals surface area contributed by atoms with E-state index < -0.39 is 0 Å². The molecule has 2 fully saturated rings. The van der Waals surface area contributed by atoms with Crippen LogP contribution in [-0.2, 0) is 22.6 Å². The van der Waals surface area contributed by atoms with E-state index in [2.05, 4.69) is 23.6 Å². The number of rotatable bonds is 6. The largest absolute Gasteiger partial charge is 0.348 e. The number of amides is 3. The summed E-state index contributed by atoms with van der Waals surface area (Å²) in [5.74, 6) is -0.531. The van der Waals surface area contributed by atoms with Gasteiger partial charge < -0.3 is 9.47 Å². The number of nitrogens with zero attached hydrogens (tertiary/aromatic N) is 3. The summed E-state index contributed by atoms with van der Waals surface area (Å²) in [7, 11) is 0. The molecule has 0 unspecified atom stereocenters. The molecule has 2 aromatic rings. The van der Waals surface area contributed by atoms with Gasteiger partial charge in [0.05, 0.1) is 4.91 Å². The van der Waals surface area contributed by atoms with Gasteiger partial charge in [-0.25, -0.2) is 0 Å². The fourth-order valence-electron chi connectivity index (χ4n) is 4.18. The van der Waals surface area contributed by atoms with Crippen LogP contribution < -0.4 is 0 Å². The number of hydrogen-bond acceptors (Lipinski definition) is 4. The van der Waals surface area contributed by atoms with Crippen molar-refractivity contribution in [2.75, 3.05) is 19.6 Å². The molecule has 0 radical (unpaired) electrons. The highest BCUT2D eigenvalue weighted by molar-refractivity contribution is 8.18. The number of likely N-dealkylation sites (tertiary alicyclic amines) is 1. The number of imide groups is 1. The smallest absolute Gasteiger partial charge is 0.294 e. The summed E-state index contributed by atoms with van der Waals surface area (Å²) in [6.07, 6.45) is 4.67. The maximum Gasteiger partial charge on any atom is 0.294 e. The van der Waals surface area contributed by atoms with Gasteiger partial charge in [0.15, 0.2) is 0 Å². The maximum absolute atomic E-state index is 12.8. The summed E-state index contributed by atoms with van der Waals surface area (Å²) in [5, 5.41) is -0.373. The molecule has 0 saturated carbocycles. The number of benzene rings is 1. The Labute approximate surface area is 186 Å². The molecule has 0 N–H and O–H groups in total. The summed E-state index contributed by atoms with van der Waals surface area (Å²) in [6.45, 7) is 6.18. The van der Waals surface area contributed by atoms with E-state index in [1.807, 2.05) is 31.2 Å². The Kier molecular flexibility index (Phi) is 6.32. The number of carbonyl (C=O) groups is 3. The van der Waals surface area contributed by atoms with Crippen LogP contribution in [0.1, 0.15) is 35.4 Å². The Balaban J connectivity index is 1.47. The van der Waals surface area contributed by atoms with Crippen LogP contribution >= 0.6 is 11.8 Å². The van der Waals surface area contributed by atoms with E-state index in [1.54, 1.807) is 11.0 Å². The van der Waals surface area contributed by atoms with Crippen molar-refractivity contribution in [3.8, 4) is 0 Å².